The SMILES string of the molecule is COc1cc(OC)nc(Oc2ccccc2C(=O)NC(C)(C(N)=O)C(C)C)n1. The van der Waals surface area contributed by atoms with Gasteiger partial charge in [-0.3, -0.25) is 9.59 Å². The quantitative estimate of drug-likeness (QED) is 0.707. The molecule has 150 valence electrons. The lowest BCUT2D eigenvalue weighted by Gasteiger charge is -2.31. The third kappa shape index (κ3) is 4.48. The number of amides is 2. The lowest BCUT2D eigenvalue weighted by molar-refractivity contribution is -0.125. The molecule has 1 aromatic heterocycles. The van der Waals surface area contributed by atoms with Gasteiger partial charge in [-0.25, -0.2) is 0 Å². The van der Waals surface area contributed by atoms with Gasteiger partial charge in [0.2, 0.25) is 17.7 Å². The molecule has 0 saturated heterocycles. The van der Waals surface area contributed by atoms with Gasteiger partial charge in [0.1, 0.15) is 11.3 Å². The van der Waals surface area contributed by atoms with Gasteiger partial charge >= 0.3 is 6.01 Å². The highest BCUT2D eigenvalue weighted by molar-refractivity contribution is 6.00. The van der Waals surface area contributed by atoms with E-state index in [0.29, 0.717) is 0 Å². The second kappa shape index (κ2) is 8.55. The number of hydrogen-bond acceptors (Lipinski definition) is 7. The van der Waals surface area contributed by atoms with E-state index in [4.69, 9.17) is 19.9 Å². The minimum atomic E-state index is -1.22. The van der Waals surface area contributed by atoms with E-state index in [-0.39, 0.29) is 35.0 Å². The molecule has 0 aliphatic carbocycles. The first-order chi connectivity index (χ1) is 13.2. The number of hydrogen-bond donors (Lipinski definition) is 2. The molecule has 1 atom stereocenters. The van der Waals surface area contributed by atoms with Crippen LogP contribution in [-0.2, 0) is 4.79 Å². The van der Waals surface area contributed by atoms with Crippen molar-refractivity contribution in [3.63, 3.8) is 0 Å². The topological polar surface area (TPSA) is 126 Å². The van der Waals surface area contributed by atoms with Crippen molar-refractivity contribution < 1.29 is 23.8 Å². The number of nitrogens with zero attached hydrogens (tertiary/aromatic N) is 2. The fraction of sp³-hybridized carbons (Fsp3) is 0.368. The van der Waals surface area contributed by atoms with E-state index < -0.39 is 17.4 Å². The van der Waals surface area contributed by atoms with E-state index in [0.717, 1.165) is 0 Å². The monoisotopic (exact) mass is 388 g/mol. The summed E-state index contributed by atoms with van der Waals surface area (Å²) in [7, 11) is 2.90. The molecule has 2 amide bonds. The smallest absolute Gasteiger partial charge is 0.328 e. The summed E-state index contributed by atoms with van der Waals surface area (Å²) in [6.45, 7) is 5.17. The fourth-order valence-corrected chi connectivity index (χ4v) is 2.27. The van der Waals surface area contributed by atoms with Crippen molar-refractivity contribution in [2.75, 3.05) is 14.2 Å². The largest absolute Gasteiger partial charge is 0.481 e. The molecule has 0 bridgehead atoms. The van der Waals surface area contributed by atoms with Gasteiger partial charge in [-0.15, -0.1) is 0 Å². The summed E-state index contributed by atoms with van der Waals surface area (Å²) in [5.74, 6) is -0.677. The van der Waals surface area contributed by atoms with Gasteiger partial charge in [-0.1, -0.05) is 26.0 Å². The molecule has 28 heavy (non-hydrogen) atoms. The third-order valence-corrected chi connectivity index (χ3v) is 4.45. The maximum Gasteiger partial charge on any atom is 0.328 e. The first kappa shape index (κ1) is 20.9. The van der Waals surface area contributed by atoms with E-state index >= 15 is 0 Å². The summed E-state index contributed by atoms with van der Waals surface area (Å²) >= 11 is 0. The Balaban J connectivity index is 2.35. The van der Waals surface area contributed by atoms with Crippen molar-refractivity contribution in [1.82, 2.24) is 15.3 Å². The van der Waals surface area contributed by atoms with Crippen LogP contribution in [0.4, 0.5) is 0 Å². The summed E-state index contributed by atoms with van der Waals surface area (Å²) in [6.07, 6.45) is 0. The Bertz CT molecular complexity index is 849. The molecule has 9 heteroatoms. The van der Waals surface area contributed by atoms with Gasteiger partial charge in [-0.2, -0.15) is 9.97 Å². The van der Waals surface area contributed by atoms with Crippen molar-refractivity contribution in [3.8, 4) is 23.5 Å². The molecule has 9 nitrogen and oxygen atoms in total. The maximum absolute atomic E-state index is 12.8. The number of carbonyl (C=O) groups is 2. The fourth-order valence-electron chi connectivity index (χ4n) is 2.27. The second-order valence-electron chi connectivity index (χ2n) is 6.51. The molecule has 0 saturated carbocycles. The number of rotatable bonds is 8. The minimum absolute atomic E-state index is 0.0574. The van der Waals surface area contributed by atoms with Gasteiger partial charge in [0.25, 0.3) is 5.91 Å². The molecule has 0 spiro atoms. The second-order valence-corrected chi connectivity index (χ2v) is 6.51. The molecule has 3 N–H and O–H groups in total. The zero-order valence-electron chi connectivity index (χ0n) is 16.5. The van der Waals surface area contributed by atoms with E-state index in [9.17, 15) is 9.59 Å². The van der Waals surface area contributed by atoms with E-state index in [2.05, 4.69) is 15.3 Å². The number of ether oxygens (including phenoxy) is 3. The molecule has 0 aliphatic heterocycles. The predicted octanol–water partition coefficient (Wildman–Crippen LogP) is 1.92. The van der Waals surface area contributed by atoms with Crippen LogP contribution in [0.2, 0.25) is 0 Å². The number of nitrogens with two attached hydrogens (primary N) is 1. The van der Waals surface area contributed by atoms with Gasteiger partial charge in [0.05, 0.1) is 25.8 Å². The summed E-state index contributed by atoms with van der Waals surface area (Å²) in [5, 5.41) is 2.70. The van der Waals surface area contributed by atoms with Crippen LogP contribution in [0.25, 0.3) is 0 Å². The molecule has 1 heterocycles. The Morgan fingerprint density at radius 3 is 2.18 bits per heavy atom. The highest BCUT2D eigenvalue weighted by Crippen LogP contribution is 2.27. The number of nitrogens with one attached hydrogen (secondary N) is 1. The Labute approximate surface area is 163 Å². The third-order valence-electron chi connectivity index (χ3n) is 4.45. The van der Waals surface area contributed by atoms with Crippen LogP contribution in [0.1, 0.15) is 31.1 Å². The Morgan fingerprint density at radius 2 is 1.68 bits per heavy atom. The maximum atomic E-state index is 12.8. The van der Waals surface area contributed by atoms with E-state index in [1.54, 1.807) is 45.0 Å². The number of para-hydroxylation sites is 1. The molecule has 1 aromatic carbocycles. The molecular weight excluding hydrogens is 364 g/mol. The van der Waals surface area contributed by atoms with Crippen LogP contribution in [0.3, 0.4) is 0 Å². The summed E-state index contributed by atoms with van der Waals surface area (Å²) in [5.41, 5.74) is 4.46. The Hall–Kier alpha value is -3.36. The van der Waals surface area contributed by atoms with Crippen LogP contribution in [0, 0.1) is 5.92 Å². The lowest BCUT2D eigenvalue weighted by Crippen LogP contribution is -2.58. The molecule has 0 fully saturated rings. The van der Waals surface area contributed by atoms with Crippen LogP contribution < -0.4 is 25.3 Å². The number of methoxy groups -OCH3 is 2. The highest BCUT2D eigenvalue weighted by Gasteiger charge is 2.37. The van der Waals surface area contributed by atoms with Crippen molar-refractivity contribution in [2.24, 2.45) is 11.7 Å². The normalized spacial score (nSPS) is 12.8. The average Bonchev–Trinajstić information content (AvgIpc) is 2.67. The molecule has 0 radical (unpaired) electrons. The first-order valence-corrected chi connectivity index (χ1v) is 8.57. The van der Waals surface area contributed by atoms with E-state index in [1.807, 2.05) is 0 Å². The number of benzene rings is 1. The highest BCUT2D eigenvalue weighted by atomic mass is 16.5. The number of aromatic nitrogens is 2. The van der Waals surface area contributed by atoms with E-state index in [1.165, 1.54) is 20.3 Å². The minimum Gasteiger partial charge on any atom is -0.481 e. The Kier molecular flexibility index (Phi) is 6.40. The van der Waals surface area contributed by atoms with Crippen LogP contribution >= 0.6 is 0 Å². The van der Waals surface area contributed by atoms with Gasteiger partial charge in [0, 0.05) is 0 Å². The average molecular weight is 388 g/mol. The van der Waals surface area contributed by atoms with Crippen LogP contribution in [0.15, 0.2) is 30.3 Å². The zero-order valence-corrected chi connectivity index (χ0v) is 16.5. The van der Waals surface area contributed by atoms with Crippen molar-refractivity contribution in [1.29, 1.82) is 0 Å². The zero-order chi connectivity index (χ0) is 20.9. The Morgan fingerprint density at radius 1 is 1.11 bits per heavy atom. The van der Waals surface area contributed by atoms with Crippen LogP contribution in [-0.4, -0.2) is 41.5 Å². The molecule has 2 aromatic rings. The van der Waals surface area contributed by atoms with Gasteiger partial charge in [0.15, 0.2) is 0 Å². The molecule has 1 unspecified atom stereocenters. The van der Waals surface area contributed by atoms with Crippen LogP contribution in [0.5, 0.6) is 23.5 Å². The van der Waals surface area contributed by atoms with Gasteiger partial charge < -0.3 is 25.3 Å². The number of primary amides is 1. The van der Waals surface area contributed by atoms with Crippen molar-refractivity contribution in [2.45, 2.75) is 26.3 Å². The number of carbonyl (C=O) groups excluding carboxylic acids is 2. The molecule has 0 aliphatic rings. The molecule has 2 rings (SSSR count). The molecular formula is C19H24N4O5. The summed E-state index contributed by atoms with van der Waals surface area (Å²) in [6, 6.07) is 7.94. The summed E-state index contributed by atoms with van der Waals surface area (Å²) < 4.78 is 15.9. The standard InChI is InChI=1S/C19H24N4O5/c1-11(2)19(3,17(20)25)23-16(24)12-8-6-7-9-13(12)28-18-21-14(26-4)10-15(22-18)27-5/h6-11H,1-5H3,(H2,20,25)(H,23,24). The predicted molar refractivity (Wildman–Crippen MR) is 102 cm³/mol. The van der Waals surface area contributed by atoms with Gasteiger partial charge in [-0.05, 0) is 25.0 Å². The first-order valence-electron chi connectivity index (χ1n) is 8.57. The van der Waals surface area contributed by atoms with Crippen molar-refractivity contribution in [3.05, 3.63) is 35.9 Å². The van der Waals surface area contributed by atoms with Crippen molar-refractivity contribution >= 4 is 11.8 Å². The lowest BCUT2D eigenvalue weighted by atomic mass is 9.87. The summed E-state index contributed by atoms with van der Waals surface area (Å²) in [4.78, 5) is 32.9.